The fourth-order valence-corrected chi connectivity index (χ4v) is 0.545. The van der Waals surface area contributed by atoms with Crippen molar-refractivity contribution in [3.05, 3.63) is 12.2 Å². The third-order valence-electron chi connectivity index (χ3n) is 0.935. The average Bonchev–Trinajstić information content (AvgIpc) is 1.85. The van der Waals surface area contributed by atoms with Gasteiger partial charge < -0.3 is 5.43 Å². The van der Waals surface area contributed by atoms with Crippen LogP contribution in [-0.4, -0.2) is 13.3 Å². The van der Waals surface area contributed by atoms with Gasteiger partial charge in [-0.25, -0.2) is 0 Å². The Labute approximate surface area is 56.7 Å². The summed E-state index contributed by atoms with van der Waals surface area (Å²) in [4.78, 5) is 0. The van der Waals surface area contributed by atoms with Crippen LogP contribution >= 0.6 is 0 Å². The van der Waals surface area contributed by atoms with E-state index in [1.165, 1.54) is 0 Å². The predicted molar refractivity (Wildman–Crippen MR) is 41.5 cm³/mol. The molecule has 0 aliphatic rings. The Hall–Kier alpha value is -0.790. The van der Waals surface area contributed by atoms with Crippen LogP contribution in [-0.2, 0) is 0 Å². The van der Waals surface area contributed by atoms with Crippen molar-refractivity contribution in [2.75, 3.05) is 7.05 Å². The van der Waals surface area contributed by atoms with Gasteiger partial charge in [0.25, 0.3) is 0 Å². The van der Waals surface area contributed by atoms with Crippen molar-refractivity contribution in [2.45, 2.75) is 13.8 Å². The van der Waals surface area contributed by atoms with E-state index in [-0.39, 0.29) is 0 Å². The molecule has 0 saturated carbocycles. The molecule has 0 radical (unpaired) electrons. The van der Waals surface area contributed by atoms with Gasteiger partial charge in [0.1, 0.15) is 0 Å². The summed E-state index contributed by atoms with van der Waals surface area (Å²) in [6.45, 7) is 4.09. The smallest absolute Gasteiger partial charge is 0.0308 e. The molecule has 0 aromatic rings. The number of hydrogen-bond donors (Lipinski definition) is 1. The van der Waals surface area contributed by atoms with E-state index in [0.29, 0.717) is 5.92 Å². The van der Waals surface area contributed by atoms with Crippen LogP contribution in [0.2, 0.25) is 0 Å². The van der Waals surface area contributed by atoms with Gasteiger partial charge in [-0.05, 0) is 6.92 Å². The lowest BCUT2D eigenvalue weighted by Crippen LogP contribution is -1.98. The van der Waals surface area contributed by atoms with Crippen molar-refractivity contribution in [3.63, 3.8) is 0 Å². The summed E-state index contributed by atoms with van der Waals surface area (Å²) >= 11 is 0. The second kappa shape index (κ2) is 5.35. The van der Waals surface area contributed by atoms with Gasteiger partial charge in [-0.1, -0.05) is 19.1 Å². The third kappa shape index (κ3) is 5.07. The van der Waals surface area contributed by atoms with Crippen LogP contribution in [0, 0.1) is 5.92 Å². The zero-order valence-electron chi connectivity index (χ0n) is 6.26. The van der Waals surface area contributed by atoms with E-state index in [1.807, 2.05) is 19.2 Å². The van der Waals surface area contributed by atoms with Gasteiger partial charge in [-0.2, -0.15) is 5.10 Å². The summed E-state index contributed by atoms with van der Waals surface area (Å²) in [5.74, 6) is 0.433. The Kier molecular flexibility index (Phi) is 4.88. The fraction of sp³-hybridized carbons (Fsp3) is 0.571. The molecule has 0 fully saturated rings. The van der Waals surface area contributed by atoms with E-state index in [0.717, 1.165) is 0 Å². The van der Waals surface area contributed by atoms with Gasteiger partial charge in [0.2, 0.25) is 0 Å². The van der Waals surface area contributed by atoms with Crippen molar-refractivity contribution in [3.8, 4) is 0 Å². The molecule has 0 aliphatic carbocycles. The molecule has 0 spiro atoms. The van der Waals surface area contributed by atoms with E-state index in [9.17, 15) is 0 Å². The van der Waals surface area contributed by atoms with Crippen LogP contribution in [0.1, 0.15) is 13.8 Å². The van der Waals surface area contributed by atoms with Gasteiger partial charge in [0, 0.05) is 19.2 Å². The standard InChI is InChI=1S/C7H14N2/c1-4-5-7(2)6-9-8-3/h4-8H,1-3H3/b5-4-,9-6-. The second-order valence-electron chi connectivity index (χ2n) is 1.89. The van der Waals surface area contributed by atoms with E-state index in [4.69, 9.17) is 0 Å². The number of rotatable bonds is 3. The van der Waals surface area contributed by atoms with Gasteiger partial charge in [0.05, 0.1) is 0 Å². The Bertz CT molecular complexity index is 105. The molecule has 1 unspecified atom stereocenters. The first kappa shape index (κ1) is 8.21. The van der Waals surface area contributed by atoms with Crippen LogP contribution in [0.3, 0.4) is 0 Å². The highest BCUT2D eigenvalue weighted by Crippen LogP contribution is 1.90. The summed E-state index contributed by atoms with van der Waals surface area (Å²) in [6.07, 6.45) is 5.97. The quantitative estimate of drug-likeness (QED) is 0.345. The molecule has 0 aromatic carbocycles. The molecule has 0 aromatic heterocycles. The van der Waals surface area contributed by atoms with Gasteiger partial charge in [-0.15, -0.1) is 0 Å². The largest absolute Gasteiger partial charge is 0.313 e. The monoisotopic (exact) mass is 126 g/mol. The third-order valence-corrected chi connectivity index (χ3v) is 0.935. The molecule has 0 saturated heterocycles. The molecule has 2 nitrogen and oxygen atoms in total. The molecule has 0 aliphatic heterocycles. The molecular formula is C7H14N2. The number of allylic oxidation sites excluding steroid dienone is 2. The Morgan fingerprint density at radius 2 is 2.22 bits per heavy atom. The lowest BCUT2D eigenvalue weighted by atomic mass is 10.2. The molecule has 2 heteroatoms. The van der Waals surface area contributed by atoms with Crippen LogP contribution in [0.4, 0.5) is 0 Å². The van der Waals surface area contributed by atoms with Gasteiger partial charge in [0.15, 0.2) is 0 Å². The molecule has 0 bridgehead atoms. The summed E-state index contributed by atoms with van der Waals surface area (Å²) < 4.78 is 0. The van der Waals surface area contributed by atoms with E-state index in [1.54, 1.807) is 7.05 Å². The molecular weight excluding hydrogens is 112 g/mol. The topological polar surface area (TPSA) is 24.4 Å². The first-order valence-corrected chi connectivity index (χ1v) is 3.14. The minimum atomic E-state index is 0.433. The van der Waals surface area contributed by atoms with Crippen LogP contribution in [0.5, 0.6) is 0 Å². The highest BCUT2D eigenvalue weighted by molar-refractivity contribution is 5.62. The van der Waals surface area contributed by atoms with Crippen molar-refractivity contribution in [2.24, 2.45) is 11.0 Å². The normalized spacial score (nSPS) is 15.0. The number of hydrogen-bond acceptors (Lipinski definition) is 2. The van der Waals surface area contributed by atoms with Crippen molar-refractivity contribution in [1.82, 2.24) is 5.43 Å². The maximum atomic E-state index is 3.86. The lowest BCUT2D eigenvalue weighted by molar-refractivity contribution is 0.881. The van der Waals surface area contributed by atoms with Crippen LogP contribution < -0.4 is 5.43 Å². The number of nitrogens with one attached hydrogen (secondary N) is 1. The highest BCUT2D eigenvalue weighted by Gasteiger charge is 1.85. The highest BCUT2D eigenvalue weighted by atomic mass is 15.3. The minimum Gasteiger partial charge on any atom is -0.313 e. The minimum absolute atomic E-state index is 0.433. The molecule has 9 heavy (non-hydrogen) atoms. The fourth-order valence-electron chi connectivity index (χ4n) is 0.545. The zero-order valence-corrected chi connectivity index (χ0v) is 6.26. The summed E-state index contributed by atoms with van der Waals surface area (Å²) in [5.41, 5.74) is 2.69. The van der Waals surface area contributed by atoms with Gasteiger partial charge in [-0.3, -0.25) is 0 Å². The van der Waals surface area contributed by atoms with E-state index in [2.05, 4.69) is 23.5 Å². The predicted octanol–water partition coefficient (Wildman–Crippen LogP) is 1.40. The van der Waals surface area contributed by atoms with Crippen LogP contribution in [0.15, 0.2) is 17.3 Å². The maximum Gasteiger partial charge on any atom is 0.0308 e. The summed E-state index contributed by atoms with van der Waals surface area (Å²) in [7, 11) is 1.79. The van der Waals surface area contributed by atoms with Gasteiger partial charge >= 0.3 is 0 Å². The molecule has 52 valence electrons. The number of hydrazone groups is 1. The summed E-state index contributed by atoms with van der Waals surface area (Å²) in [6, 6.07) is 0. The maximum absolute atomic E-state index is 3.86. The van der Waals surface area contributed by atoms with E-state index >= 15 is 0 Å². The molecule has 1 N–H and O–H groups in total. The Morgan fingerprint density at radius 1 is 1.56 bits per heavy atom. The second-order valence-corrected chi connectivity index (χ2v) is 1.89. The van der Waals surface area contributed by atoms with Crippen LogP contribution in [0.25, 0.3) is 0 Å². The van der Waals surface area contributed by atoms with Crippen molar-refractivity contribution < 1.29 is 0 Å². The Morgan fingerprint density at radius 3 is 2.67 bits per heavy atom. The first-order valence-electron chi connectivity index (χ1n) is 3.14. The lowest BCUT2D eigenvalue weighted by Gasteiger charge is -1.93. The molecule has 1 atom stereocenters. The molecule has 0 amide bonds. The average molecular weight is 126 g/mol. The molecule has 0 rings (SSSR count). The molecule has 0 heterocycles. The summed E-state index contributed by atoms with van der Waals surface area (Å²) in [5, 5.41) is 3.86. The number of nitrogens with zero attached hydrogens (tertiary/aromatic N) is 1. The van der Waals surface area contributed by atoms with E-state index < -0.39 is 0 Å². The Balaban J connectivity index is 3.48. The van der Waals surface area contributed by atoms with Crippen molar-refractivity contribution >= 4 is 6.21 Å². The first-order chi connectivity index (χ1) is 4.31. The SMILES string of the molecule is C/C=C\C(C)/C=N\NC. The van der Waals surface area contributed by atoms with Crippen molar-refractivity contribution in [1.29, 1.82) is 0 Å². The zero-order chi connectivity index (χ0) is 7.11.